The fraction of sp³-hybridized carbons (Fsp3) is 0.917. The zero-order valence-corrected chi connectivity index (χ0v) is 11.7. The van der Waals surface area contributed by atoms with Crippen LogP contribution in [0.4, 0.5) is 13.2 Å². The summed E-state index contributed by atoms with van der Waals surface area (Å²) >= 11 is 0. The van der Waals surface area contributed by atoms with Gasteiger partial charge < -0.3 is 20.1 Å². The summed E-state index contributed by atoms with van der Waals surface area (Å²) in [6.45, 7) is 3.87. The maximum atomic E-state index is 13.1. The lowest BCUT2D eigenvalue weighted by atomic mass is 9.85. The molecule has 1 atom stereocenters. The van der Waals surface area contributed by atoms with Crippen molar-refractivity contribution in [2.45, 2.75) is 32.7 Å². The van der Waals surface area contributed by atoms with E-state index < -0.39 is 30.3 Å². The van der Waals surface area contributed by atoms with E-state index in [-0.39, 0.29) is 19.5 Å². The third-order valence-electron chi connectivity index (χ3n) is 3.27. The van der Waals surface area contributed by atoms with E-state index in [9.17, 15) is 18.0 Å². The Morgan fingerprint density at radius 3 is 2.35 bits per heavy atom. The normalized spacial score (nSPS) is 23.3. The highest BCUT2D eigenvalue weighted by atomic mass is 19.4. The largest absolute Gasteiger partial charge is 0.404 e. The van der Waals surface area contributed by atoms with Crippen molar-refractivity contribution in [3.8, 4) is 0 Å². The van der Waals surface area contributed by atoms with Crippen LogP contribution >= 0.6 is 0 Å². The Hall–Kier alpha value is -0.860. The molecule has 0 bridgehead atoms. The molecule has 1 aliphatic heterocycles. The van der Waals surface area contributed by atoms with E-state index in [0.717, 1.165) is 0 Å². The van der Waals surface area contributed by atoms with Crippen molar-refractivity contribution in [3.05, 3.63) is 0 Å². The minimum atomic E-state index is -4.58. The van der Waals surface area contributed by atoms with Crippen LogP contribution in [0, 0.1) is 5.41 Å². The molecule has 1 aliphatic rings. The van der Waals surface area contributed by atoms with Crippen LogP contribution in [-0.4, -0.2) is 51.2 Å². The maximum absolute atomic E-state index is 13.1. The molecule has 2 N–H and O–H groups in total. The Balaban J connectivity index is 2.63. The number of ether oxygens (including phenoxy) is 2. The molecule has 1 amide bonds. The molecule has 20 heavy (non-hydrogen) atoms. The Kier molecular flexibility index (Phi) is 6.22. The zero-order valence-electron chi connectivity index (χ0n) is 11.7. The molecule has 1 saturated heterocycles. The molecular weight excluding hydrogens is 277 g/mol. The number of carbonyl (C=O) groups excluding carboxylic acids is 1. The van der Waals surface area contributed by atoms with E-state index in [1.54, 1.807) is 13.8 Å². The van der Waals surface area contributed by atoms with Crippen molar-refractivity contribution in [1.82, 2.24) is 10.6 Å². The van der Waals surface area contributed by atoms with Crippen LogP contribution in [0.15, 0.2) is 0 Å². The topological polar surface area (TPSA) is 59.6 Å². The number of carbonyl (C=O) groups is 1. The van der Waals surface area contributed by atoms with Gasteiger partial charge in [0.25, 0.3) is 0 Å². The lowest BCUT2D eigenvalue weighted by Gasteiger charge is -2.30. The van der Waals surface area contributed by atoms with Crippen molar-refractivity contribution in [2.24, 2.45) is 5.41 Å². The molecule has 0 aromatic heterocycles. The molecule has 1 heterocycles. The van der Waals surface area contributed by atoms with Gasteiger partial charge in [0.05, 0.1) is 6.54 Å². The van der Waals surface area contributed by atoms with Gasteiger partial charge in [-0.1, -0.05) is 0 Å². The molecule has 0 aromatic rings. The molecule has 5 nitrogen and oxygen atoms in total. The molecule has 0 radical (unpaired) electrons. The van der Waals surface area contributed by atoms with Crippen molar-refractivity contribution >= 4 is 5.91 Å². The number of amides is 1. The standard InChI is InChI=1S/C12H21F3N2O3/c1-3-19-9(20-4-2)7-17-10(18)11(12(13,14)15)5-6-16-8-11/h9,16H,3-8H2,1-2H3,(H,17,18). The number of rotatable bonds is 7. The number of nitrogens with one attached hydrogen (secondary N) is 2. The van der Waals surface area contributed by atoms with Gasteiger partial charge in [0, 0.05) is 19.8 Å². The van der Waals surface area contributed by atoms with Gasteiger partial charge in [-0.25, -0.2) is 0 Å². The second-order valence-corrected chi connectivity index (χ2v) is 4.56. The summed E-state index contributed by atoms with van der Waals surface area (Å²) in [6.07, 6.45) is -5.56. The van der Waals surface area contributed by atoms with Gasteiger partial charge in [-0.05, 0) is 26.8 Å². The van der Waals surface area contributed by atoms with E-state index in [1.165, 1.54) is 0 Å². The van der Waals surface area contributed by atoms with E-state index in [1.807, 2.05) is 0 Å². The quantitative estimate of drug-likeness (QED) is 0.690. The van der Waals surface area contributed by atoms with Gasteiger partial charge in [-0.15, -0.1) is 0 Å². The SMILES string of the molecule is CCOC(CNC(=O)C1(C(F)(F)F)CCNC1)OCC. The van der Waals surface area contributed by atoms with Gasteiger partial charge in [-0.3, -0.25) is 4.79 Å². The summed E-state index contributed by atoms with van der Waals surface area (Å²) < 4.78 is 49.7. The van der Waals surface area contributed by atoms with E-state index in [2.05, 4.69) is 10.6 Å². The molecule has 1 unspecified atom stereocenters. The fourth-order valence-corrected chi connectivity index (χ4v) is 2.14. The molecule has 0 saturated carbocycles. The average molecular weight is 298 g/mol. The predicted molar refractivity (Wildman–Crippen MR) is 66.0 cm³/mol. The van der Waals surface area contributed by atoms with E-state index in [0.29, 0.717) is 13.2 Å². The third-order valence-corrected chi connectivity index (χ3v) is 3.27. The molecule has 118 valence electrons. The van der Waals surface area contributed by atoms with Crippen molar-refractivity contribution in [2.75, 3.05) is 32.8 Å². The number of hydrogen-bond donors (Lipinski definition) is 2. The van der Waals surface area contributed by atoms with Crippen LogP contribution in [0.2, 0.25) is 0 Å². The first-order valence-electron chi connectivity index (χ1n) is 6.66. The minimum Gasteiger partial charge on any atom is -0.351 e. The first kappa shape index (κ1) is 17.2. The second-order valence-electron chi connectivity index (χ2n) is 4.56. The highest BCUT2D eigenvalue weighted by Gasteiger charge is 2.61. The van der Waals surface area contributed by atoms with Crippen LogP contribution in [0.3, 0.4) is 0 Å². The average Bonchev–Trinajstić information content (AvgIpc) is 2.86. The molecule has 1 rings (SSSR count). The van der Waals surface area contributed by atoms with Gasteiger partial charge in [0.1, 0.15) is 0 Å². The van der Waals surface area contributed by atoms with Crippen molar-refractivity contribution in [3.63, 3.8) is 0 Å². The predicted octanol–water partition coefficient (Wildman–Crippen LogP) is 1.04. The van der Waals surface area contributed by atoms with Gasteiger partial charge in [-0.2, -0.15) is 13.2 Å². The highest BCUT2D eigenvalue weighted by molar-refractivity contribution is 5.84. The molecular formula is C12H21F3N2O3. The Morgan fingerprint density at radius 1 is 1.35 bits per heavy atom. The van der Waals surface area contributed by atoms with Crippen LogP contribution < -0.4 is 10.6 Å². The molecule has 8 heteroatoms. The maximum Gasteiger partial charge on any atom is 0.404 e. The van der Waals surface area contributed by atoms with Crippen LogP contribution in [0.5, 0.6) is 0 Å². The first-order valence-corrected chi connectivity index (χ1v) is 6.66. The monoisotopic (exact) mass is 298 g/mol. The Labute approximate surface area is 116 Å². The van der Waals surface area contributed by atoms with Crippen LogP contribution in [0.1, 0.15) is 20.3 Å². The minimum absolute atomic E-state index is 0.0989. The smallest absolute Gasteiger partial charge is 0.351 e. The summed E-state index contributed by atoms with van der Waals surface area (Å²) in [7, 11) is 0. The Morgan fingerprint density at radius 2 is 1.95 bits per heavy atom. The van der Waals surface area contributed by atoms with E-state index in [4.69, 9.17) is 9.47 Å². The van der Waals surface area contributed by atoms with Gasteiger partial charge in [0.2, 0.25) is 5.91 Å². The molecule has 0 aromatic carbocycles. The van der Waals surface area contributed by atoms with Crippen LogP contribution in [-0.2, 0) is 14.3 Å². The molecule has 0 spiro atoms. The van der Waals surface area contributed by atoms with Crippen molar-refractivity contribution in [1.29, 1.82) is 0 Å². The van der Waals surface area contributed by atoms with E-state index >= 15 is 0 Å². The summed E-state index contributed by atoms with van der Waals surface area (Å²) in [6, 6.07) is 0. The van der Waals surface area contributed by atoms with Gasteiger partial charge in [0.15, 0.2) is 11.7 Å². The first-order chi connectivity index (χ1) is 9.37. The van der Waals surface area contributed by atoms with Crippen molar-refractivity contribution < 1.29 is 27.4 Å². The summed E-state index contributed by atoms with van der Waals surface area (Å²) in [5.74, 6) is -1.03. The lowest BCUT2D eigenvalue weighted by molar-refractivity contribution is -0.217. The fourth-order valence-electron chi connectivity index (χ4n) is 2.14. The number of halogens is 3. The van der Waals surface area contributed by atoms with Gasteiger partial charge >= 0.3 is 6.18 Å². The number of hydrogen-bond acceptors (Lipinski definition) is 4. The molecule has 1 fully saturated rings. The third kappa shape index (κ3) is 3.83. The lowest BCUT2D eigenvalue weighted by Crippen LogP contribution is -2.53. The second kappa shape index (κ2) is 7.24. The highest BCUT2D eigenvalue weighted by Crippen LogP contribution is 2.43. The Bertz CT molecular complexity index is 312. The summed E-state index contributed by atoms with van der Waals surface area (Å²) in [5.41, 5.74) is -2.35. The summed E-state index contributed by atoms with van der Waals surface area (Å²) in [5, 5.41) is 4.89. The molecule has 0 aliphatic carbocycles. The van der Waals surface area contributed by atoms with Crippen LogP contribution in [0.25, 0.3) is 0 Å². The number of alkyl halides is 3. The zero-order chi connectivity index (χ0) is 15.2. The summed E-state index contributed by atoms with van der Waals surface area (Å²) in [4.78, 5) is 11.9.